The third-order valence-electron chi connectivity index (χ3n) is 6.42. The number of hydrogen-bond donors (Lipinski definition) is 0. The molecule has 0 aromatic heterocycles. The summed E-state index contributed by atoms with van der Waals surface area (Å²) in [5.74, 6) is 1.90. The number of nitrogens with zero attached hydrogens (tertiary/aromatic N) is 1. The van der Waals surface area contributed by atoms with Gasteiger partial charge in [-0.1, -0.05) is 12.1 Å². The fourth-order valence-corrected chi connectivity index (χ4v) is 5.95. The van der Waals surface area contributed by atoms with Crippen LogP contribution in [0.3, 0.4) is 0 Å². The van der Waals surface area contributed by atoms with Crippen LogP contribution in [0.5, 0.6) is 0 Å². The van der Waals surface area contributed by atoms with Crippen LogP contribution in [0.15, 0.2) is 24.3 Å². The van der Waals surface area contributed by atoms with E-state index in [9.17, 15) is 9.59 Å². The number of amides is 2. The van der Waals surface area contributed by atoms with Crippen LogP contribution in [-0.2, 0) is 4.84 Å². The molecule has 6 rings (SSSR count). The highest BCUT2D eigenvalue weighted by Crippen LogP contribution is 2.60. The van der Waals surface area contributed by atoms with Crippen LogP contribution in [0.25, 0.3) is 0 Å². The summed E-state index contributed by atoms with van der Waals surface area (Å²) >= 11 is 0. The number of carbonyl (C=O) groups is 2. The Morgan fingerprint density at radius 3 is 1.87 bits per heavy atom. The van der Waals surface area contributed by atoms with E-state index in [-0.39, 0.29) is 17.2 Å². The van der Waals surface area contributed by atoms with Gasteiger partial charge in [-0.15, -0.1) is 5.06 Å². The number of rotatable bonds is 3. The van der Waals surface area contributed by atoms with E-state index < -0.39 is 0 Å². The van der Waals surface area contributed by atoms with E-state index in [1.807, 2.05) is 0 Å². The first-order valence-electron chi connectivity index (χ1n) is 8.74. The second kappa shape index (κ2) is 4.67. The van der Waals surface area contributed by atoms with Gasteiger partial charge >= 0.3 is 0 Å². The molecule has 23 heavy (non-hydrogen) atoms. The fraction of sp³-hybridized carbons (Fsp3) is 0.579. The molecule has 4 heteroatoms. The lowest BCUT2D eigenvalue weighted by molar-refractivity contribution is -0.162. The second-order valence-corrected chi connectivity index (χ2v) is 8.14. The van der Waals surface area contributed by atoms with E-state index in [1.54, 1.807) is 24.3 Å². The van der Waals surface area contributed by atoms with Gasteiger partial charge in [0.15, 0.2) is 0 Å². The predicted octanol–water partition coefficient (Wildman–Crippen LogP) is 3.43. The maximum atomic E-state index is 12.4. The minimum atomic E-state index is -0.310. The van der Waals surface area contributed by atoms with Crippen LogP contribution in [0.4, 0.5) is 0 Å². The number of imide groups is 1. The molecule has 0 unspecified atom stereocenters. The van der Waals surface area contributed by atoms with Gasteiger partial charge in [0.25, 0.3) is 11.8 Å². The highest BCUT2D eigenvalue weighted by Gasteiger charge is 2.51. The van der Waals surface area contributed by atoms with Gasteiger partial charge in [-0.2, -0.15) is 0 Å². The molecule has 0 spiro atoms. The average Bonchev–Trinajstić information content (AvgIpc) is 2.76. The molecule has 1 aromatic carbocycles. The lowest BCUT2D eigenvalue weighted by Crippen LogP contribution is -2.49. The van der Waals surface area contributed by atoms with Crippen molar-refractivity contribution in [1.82, 2.24) is 5.06 Å². The molecule has 4 fully saturated rings. The third kappa shape index (κ3) is 2.01. The molecule has 120 valence electrons. The Morgan fingerprint density at radius 1 is 0.913 bits per heavy atom. The molecule has 1 heterocycles. The largest absolute Gasteiger partial charge is 0.285 e. The van der Waals surface area contributed by atoms with E-state index in [4.69, 9.17) is 4.84 Å². The smallest absolute Gasteiger partial charge is 0.266 e. The predicted molar refractivity (Wildman–Crippen MR) is 83.5 cm³/mol. The second-order valence-electron chi connectivity index (χ2n) is 8.14. The van der Waals surface area contributed by atoms with Crippen molar-refractivity contribution in [3.05, 3.63) is 35.4 Å². The number of hydroxylamine groups is 2. The van der Waals surface area contributed by atoms with E-state index in [0.29, 0.717) is 17.7 Å². The molecule has 4 saturated carbocycles. The zero-order valence-electron chi connectivity index (χ0n) is 13.2. The Bertz CT molecular complexity index is 625. The third-order valence-corrected chi connectivity index (χ3v) is 6.42. The Balaban J connectivity index is 1.34. The number of hydrogen-bond acceptors (Lipinski definition) is 3. The molecule has 4 nitrogen and oxygen atoms in total. The Hall–Kier alpha value is -1.68. The standard InChI is InChI=1S/C19H21NO3/c21-17-15-3-1-2-4-16(15)18(22)20(17)23-11-19-8-12-5-13(9-19)7-14(6-12)10-19/h1-4,12-14H,5-11H2. The Labute approximate surface area is 135 Å². The summed E-state index contributed by atoms with van der Waals surface area (Å²) in [4.78, 5) is 30.6. The van der Waals surface area contributed by atoms with E-state index in [2.05, 4.69) is 0 Å². The average molecular weight is 311 g/mol. The molecule has 5 aliphatic rings. The molecule has 0 saturated heterocycles. The van der Waals surface area contributed by atoms with Crippen molar-refractivity contribution < 1.29 is 14.4 Å². The first-order valence-corrected chi connectivity index (χ1v) is 8.74. The number of benzene rings is 1. The lowest BCUT2D eigenvalue weighted by atomic mass is 9.50. The zero-order valence-corrected chi connectivity index (χ0v) is 13.2. The molecule has 0 radical (unpaired) electrons. The highest BCUT2D eigenvalue weighted by atomic mass is 16.7. The van der Waals surface area contributed by atoms with Crippen molar-refractivity contribution in [3.63, 3.8) is 0 Å². The Morgan fingerprint density at radius 2 is 1.39 bits per heavy atom. The lowest BCUT2D eigenvalue weighted by Gasteiger charge is -2.56. The summed E-state index contributed by atoms with van der Waals surface area (Å²) in [6.45, 7) is 0.516. The molecule has 1 aliphatic heterocycles. The topological polar surface area (TPSA) is 46.6 Å². The fourth-order valence-electron chi connectivity index (χ4n) is 5.95. The highest BCUT2D eigenvalue weighted by molar-refractivity contribution is 6.20. The molecular formula is C19H21NO3. The number of carbonyl (C=O) groups excluding carboxylic acids is 2. The van der Waals surface area contributed by atoms with Crippen LogP contribution >= 0.6 is 0 Å². The van der Waals surface area contributed by atoms with Crippen LogP contribution in [0.1, 0.15) is 59.2 Å². The minimum Gasteiger partial charge on any atom is -0.266 e. The molecule has 2 amide bonds. The first kappa shape index (κ1) is 13.7. The van der Waals surface area contributed by atoms with Gasteiger partial charge in [0, 0.05) is 0 Å². The van der Waals surface area contributed by atoms with Gasteiger partial charge < -0.3 is 0 Å². The van der Waals surface area contributed by atoms with Gasteiger partial charge in [0.2, 0.25) is 0 Å². The van der Waals surface area contributed by atoms with Gasteiger partial charge in [0.05, 0.1) is 17.7 Å². The van der Waals surface area contributed by atoms with E-state index in [1.165, 1.54) is 38.5 Å². The van der Waals surface area contributed by atoms with Crippen molar-refractivity contribution in [3.8, 4) is 0 Å². The summed E-state index contributed by atoms with van der Waals surface area (Å²) < 4.78 is 0. The summed E-state index contributed by atoms with van der Waals surface area (Å²) in [6, 6.07) is 6.96. The molecule has 0 N–H and O–H groups in total. The van der Waals surface area contributed by atoms with Crippen molar-refractivity contribution in [1.29, 1.82) is 0 Å². The van der Waals surface area contributed by atoms with E-state index in [0.717, 1.165) is 22.8 Å². The molecule has 1 aromatic rings. The SMILES string of the molecule is O=C1c2ccccc2C(=O)N1OCC12CC3CC(CC(C3)C1)C2. The van der Waals surface area contributed by atoms with Crippen molar-refractivity contribution in [2.45, 2.75) is 38.5 Å². The van der Waals surface area contributed by atoms with Crippen molar-refractivity contribution in [2.24, 2.45) is 23.2 Å². The molecule has 4 bridgehead atoms. The molecule has 0 atom stereocenters. The first-order chi connectivity index (χ1) is 11.1. The quantitative estimate of drug-likeness (QED) is 0.803. The Kier molecular flexibility index (Phi) is 2.79. The minimum absolute atomic E-state index is 0.198. The summed E-state index contributed by atoms with van der Waals surface area (Å²) in [5.41, 5.74) is 1.12. The van der Waals surface area contributed by atoms with Crippen LogP contribution in [0.2, 0.25) is 0 Å². The van der Waals surface area contributed by atoms with Gasteiger partial charge in [0.1, 0.15) is 0 Å². The van der Waals surface area contributed by atoms with Crippen LogP contribution < -0.4 is 0 Å². The zero-order chi connectivity index (χ0) is 15.6. The van der Waals surface area contributed by atoms with Crippen LogP contribution in [-0.4, -0.2) is 23.5 Å². The molecule has 4 aliphatic carbocycles. The normalized spacial score (nSPS) is 37.6. The van der Waals surface area contributed by atoms with Crippen molar-refractivity contribution in [2.75, 3.05) is 6.61 Å². The maximum absolute atomic E-state index is 12.4. The summed E-state index contributed by atoms with van der Waals surface area (Å²) in [5, 5.41) is 1.00. The summed E-state index contributed by atoms with van der Waals surface area (Å²) in [7, 11) is 0. The van der Waals surface area contributed by atoms with Crippen molar-refractivity contribution >= 4 is 11.8 Å². The van der Waals surface area contributed by atoms with Gasteiger partial charge in [-0.25, -0.2) is 0 Å². The van der Waals surface area contributed by atoms with E-state index >= 15 is 0 Å². The summed E-state index contributed by atoms with van der Waals surface area (Å²) in [6.07, 6.45) is 7.78. The van der Waals surface area contributed by atoms with Crippen LogP contribution in [0, 0.1) is 23.2 Å². The number of fused-ring (bicyclic) bond motifs is 1. The monoisotopic (exact) mass is 311 g/mol. The van der Waals surface area contributed by atoms with Gasteiger partial charge in [-0.05, 0) is 73.8 Å². The maximum Gasteiger partial charge on any atom is 0.285 e. The molecular weight excluding hydrogens is 290 g/mol. The van der Waals surface area contributed by atoms with Gasteiger partial charge in [-0.3, -0.25) is 14.4 Å².